The zero-order valence-electron chi connectivity index (χ0n) is 17.4. The van der Waals surface area contributed by atoms with Crippen LogP contribution in [0.5, 0.6) is 0 Å². The van der Waals surface area contributed by atoms with Gasteiger partial charge in [-0.3, -0.25) is 9.78 Å². The van der Waals surface area contributed by atoms with Gasteiger partial charge in [0, 0.05) is 34.3 Å². The van der Waals surface area contributed by atoms with Crippen LogP contribution in [0.3, 0.4) is 0 Å². The zero-order chi connectivity index (χ0) is 22.0. The number of carbonyl (C=O) groups is 1. The first-order chi connectivity index (χ1) is 15.0. The molecule has 0 saturated heterocycles. The molecule has 3 aromatic rings. The second-order valence-electron chi connectivity index (χ2n) is 7.52. The van der Waals surface area contributed by atoms with E-state index in [-0.39, 0.29) is 5.57 Å². The number of anilines is 1. The van der Waals surface area contributed by atoms with Crippen LogP contribution in [0.25, 0.3) is 11.8 Å². The fraction of sp³-hybridized carbons (Fsp3) is 0.250. The molecule has 1 amide bonds. The second-order valence-corrected chi connectivity index (χ2v) is 8.62. The number of nitrogens with one attached hydrogen (secondary N) is 1. The summed E-state index contributed by atoms with van der Waals surface area (Å²) in [6.07, 6.45) is 9.02. The summed E-state index contributed by atoms with van der Waals surface area (Å²) in [5, 5.41) is 22.6. The number of fused-ring (bicyclic) bond motifs is 1. The third-order valence-electron chi connectivity index (χ3n) is 5.57. The smallest absolute Gasteiger partial charge is 0.266 e. The van der Waals surface area contributed by atoms with E-state index in [0.29, 0.717) is 10.6 Å². The first-order valence-electron chi connectivity index (χ1n) is 10.1. The largest absolute Gasteiger partial charge is 0.318 e. The topological polar surface area (TPSA) is 94.5 Å². The standard InChI is InChI=1S/C24H21N5OS/c1-15-11-17(16(2)29(15)19-7-9-27-10-8-19)12-18(13-25)23(30)28-24-21(14-26)20-5-3-4-6-22(20)31-24/h7-12H,3-6H2,1-2H3,(H,28,30)/b18-12+. The van der Waals surface area contributed by atoms with Crippen LogP contribution in [-0.4, -0.2) is 15.5 Å². The van der Waals surface area contributed by atoms with Gasteiger partial charge >= 0.3 is 0 Å². The van der Waals surface area contributed by atoms with Crippen LogP contribution >= 0.6 is 11.3 Å². The van der Waals surface area contributed by atoms with Gasteiger partial charge in [0.1, 0.15) is 22.7 Å². The lowest BCUT2D eigenvalue weighted by Crippen LogP contribution is -2.13. The number of nitrogens with zero attached hydrogens (tertiary/aromatic N) is 4. The van der Waals surface area contributed by atoms with Crippen molar-refractivity contribution in [2.75, 3.05) is 5.32 Å². The Morgan fingerprint density at radius 3 is 2.68 bits per heavy atom. The van der Waals surface area contributed by atoms with Crippen molar-refractivity contribution in [3.8, 4) is 17.8 Å². The average Bonchev–Trinajstić information content (AvgIpc) is 3.27. The number of nitriles is 2. The van der Waals surface area contributed by atoms with Crippen LogP contribution in [0.15, 0.2) is 36.2 Å². The third-order valence-corrected chi connectivity index (χ3v) is 6.77. The Bertz CT molecular complexity index is 1270. The van der Waals surface area contributed by atoms with Gasteiger partial charge in [0.25, 0.3) is 5.91 Å². The maximum absolute atomic E-state index is 12.9. The lowest BCUT2D eigenvalue weighted by Gasteiger charge is -2.09. The Balaban J connectivity index is 1.65. The van der Waals surface area contributed by atoms with Crippen LogP contribution in [0.1, 0.15) is 45.8 Å². The molecule has 31 heavy (non-hydrogen) atoms. The second kappa shape index (κ2) is 8.59. The van der Waals surface area contributed by atoms with Gasteiger partial charge in [-0.25, -0.2) is 0 Å². The number of aromatic nitrogens is 2. The average molecular weight is 428 g/mol. The van der Waals surface area contributed by atoms with E-state index in [1.54, 1.807) is 18.5 Å². The van der Waals surface area contributed by atoms with E-state index < -0.39 is 5.91 Å². The van der Waals surface area contributed by atoms with Gasteiger partial charge in [-0.05, 0) is 74.9 Å². The van der Waals surface area contributed by atoms with Crippen molar-refractivity contribution < 1.29 is 4.79 Å². The molecular formula is C24H21N5OS. The molecule has 0 aromatic carbocycles. The highest BCUT2D eigenvalue weighted by Crippen LogP contribution is 2.37. The van der Waals surface area contributed by atoms with Crippen molar-refractivity contribution in [1.29, 1.82) is 10.5 Å². The van der Waals surface area contributed by atoms with Crippen molar-refractivity contribution >= 4 is 28.3 Å². The first kappa shape index (κ1) is 20.6. The number of amides is 1. The monoisotopic (exact) mass is 427 g/mol. The molecule has 1 aliphatic carbocycles. The highest BCUT2D eigenvalue weighted by atomic mass is 32.1. The van der Waals surface area contributed by atoms with E-state index >= 15 is 0 Å². The SMILES string of the molecule is Cc1cc(/C=C(\C#N)C(=O)Nc2sc3c(c2C#N)CCCC3)c(C)n1-c1ccncc1. The summed E-state index contributed by atoms with van der Waals surface area (Å²) in [6.45, 7) is 3.93. The lowest BCUT2D eigenvalue weighted by atomic mass is 9.96. The van der Waals surface area contributed by atoms with Gasteiger partial charge in [0.2, 0.25) is 0 Å². The summed E-state index contributed by atoms with van der Waals surface area (Å²) in [7, 11) is 0. The van der Waals surface area contributed by atoms with Crippen molar-refractivity contribution in [3.05, 3.63) is 69.1 Å². The first-order valence-corrected chi connectivity index (χ1v) is 10.9. The molecule has 0 radical (unpaired) electrons. The Morgan fingerprint density at radius 2 is 1.97 bits per heavy atom. The Hall–Kier alpha value is -3.68. The van der Waals surface area contributed by atoms with Gasteiger partial charge in [-0.1, -0.05) is 0 Å². The third kappa shape index (κ3) is 3.88. The van der Waals surface area contributed by atoms with Gasteiger partial charge in [-0.2, -0.15) is 10.5 Å². The molecule has 0 atom stereocenters. The molecular weight excluding hydrogens is 406 g/mol. The minimum atomic E-state index is -0.494. The predicted molar refractivity (Wildman–Crippen MR) is 121 cm³/mol. The molecule has 154 valence electrons. The molecule has 3 heterocycles. The summed E-state index contributed by atoms with van der Waals surface area (Å²) >= 11 is 1.45. The van der Waals surface area contributed by atoms with Crippen molar-refractivity contribution in [2.24, 2.45) is 0 Å². The van der Waals surface area contributed by atoms with Crippen LogP contribution in [-0.2, 0) is 17.6 Å². The number of carbonyl (C=O) groups excluding carboxylic acids is 1. The van der Waals surface area contributed by atoms with Crippen LogP contribution in [0.2, 0.25) is 0 Å². The van der Waals surface area contributed by atoms with Crippen LogP contribution in [0.4, 0.5) is 5.00 Å². The highest BCUT2D eigenvalue weighted by molar-refractivity contribution is 7.16. The van der Waals surface area contributed by atoms with E-state index in [4.69, 9.17) is 0 Å². The molecule has 1 N–H and O–H groups in total. The molecule has 0 bridgehead atoms. The Labute approximate surface area is 185 Å². The van der Waals surface area contributed by atoms with Crippen molar-refractivity contribution in [2.45, 2.75) is 39.5 Å². The van der Waals surface area contributed by atoms with Crippen LogP contribution < -0.4 is 5.32 Å². The molecule has 1 aliphatic rings. The summed E-state index contributed by atoms with van der Waals surface area (Å²) < 4.78 is 2.06. The number of rotatable bonds is 4. The number of hydrogen-bond acceptors (Lipinski definition) is 5. The molecule has 4 rings (SSSR count). The van der Waals surface area contributed by atoms with E-state index in [9.17, 15) is 15.3 Å². The quantitative estimate of drug-likeness (QED) is 0.476. The molecule has 0 saturated carbocycles. The normalized spacial score (nSPS) is 13.2. The lowest BCUT2D eigenvalue weighted by molar-refractivity contribution is -0.112. The van der Waals surface area contributed by atoms with Gasteiger partial charge in [-0.15, -0.1) is 11.3 Å². The van der Waals surface area contributed by atoms with E-state index in [0.717, 1.165) is 53.9 Å². The van der Waals surface area contributed by atoms with Crippen LogP contribution in [0, 0.1) is 36.5 Å². The zero-order valence-corrected chi connectivity index (χ0v) is 18.2. The molecule has 0 fully saturated rings. The van der Waals surface area contributed by atoms with E-state index in [1.165, 1.54) is 16.2 Å². The fourth-order valence-corrected chi connectivity index (χ4v) is 5.31. The van der Waals surface area contributed by atoms with Gasteiger partial charge < -0.3 is 9.88 Å². The number of aryl methyl sites for hydroxylation is 2. The summed E-state index contributed by atoms with van der Waals surface area (Å²) in [5.41, 5.74) is 5.28. The molecule has 0 unspecified atom stereocenters. The summed E-state index contributed by atoms with van der Waals surface area (Å²) in [4.78, 5) is 18.1. The number of thiophene rings is 1. The number of hydrogen-bond donors (Lipinski definition) is 1. The summed E-state index contributed by atoms with van der Waals surface area (Å²) in [6, 6.07) is 10.0. The molecule has 0 aliphatic heterocycles. The fourth-order valence-electron chi connectivity index (χ4n) is 4.07. The summed E-state index contributed by atoms with van der Waals surface area (Å²) in [5.74, 6) is -0.494. The highest BCUT2D eigenvalue weighted by Gasteiger charge is 2.23. The van der Waals surface area contributed by atoms with Gasteiger partial charge in [0.05, 0.1) is 5.56 Å². The molecule has 0 spiro atoms. The van der Waals surface area contributed by atoms with Gasteiger partial charge in [0.15, 0.2) is 0 Å². The van der Waals surface area contributed by atoms with Crippen molar-refractivity contribution in [3.63, 3.8) is 0 Å². The van der Waals surface area contributed by atoms with Crippen molar-refractivity contribution in [1.82, 2.24) is 9.55 Å². The predicted octanol–water partition coefficient (Wildman–Crippen LogP) is 4.85. The van der Waals surface area contributed by atoms with E-state index in [1.807, 2.05) is 38.1 Å². The Morgan fingerprint density at radius 1 is 1.23 bits per heavy atom. The maximum atomic E-state index is 12.9. The molecule has 6 nitrogen and oxygen atoms in total. The minimum absolute atomic E-state index is 0.00485. The van der Waals surface area contributed by atoms with E-state index in [2.05, 4.69) is 20.9 Å². The molecule has 7 heteroatoms. The Kier molecular flexibility index (Phi) is 5.70. The minimum Gasteiger partial charge on any atom is -0.318 e. The number of pyridine rings is 1. The molecule has 3 aromatic heterocycles. The maximum Gasteiger partial charge on any atom is 0.266 e.